The maximum absolute atomic E-state index is 14.7. The topological polar surface area (TPSA) is 204 Å². The summed E-state index contributed by atoms with van der Waals surface area (Å²) in [6.45, 7) is 15.8. The fourth-order valence-electron chi connectivity index (χ4n) is 5.87. The highest BCUT2D eigenvalue weighted by Crippen LogP contribution is 2.48. The van der Waals surface area contributed by atoms with Crippen LogP contribution in [-0.4, -0.2) is 83.3 Å². The van der Waals surface area contributed by atoms with Gasteiger partial charge in [0.1, 0.15) is 29.7 Å². The molecule has 0 aliphatic carbocycles. The molecule has 1 aliphatic heterocycles. The Balaban J connectivity index is 1.71. The number of esters is 3. The highest BCUT2D eigenvalue weighted by molar-refractivity contribution is 7.52. The van der Waals surface area contributed by atoms with Gasteiger partial charge in [0.15, 0.2) is 23.6 Å². The van der Waals surface area contributed by atoms with E-state index in [1.165, 1.54) is 44.9 Å². The number of nitrogens with one attached hydrogen (secondary N) is 1. The molecule has 3 N–H and O–H groups in total. The molecule has 54 heavy (non-hydrogen) atoms. The Morgan fingerprint density at radius 2 is 1.76 bits per heavy atom. The third kappa shape index (κ3) is 10.0. The van der Waals surface area contributed by atoms with E-state index in [2.05, 4.69) is 61.7 Å². The Bertz CT molecular complexity index is 1870. The maximum Gasteiger partial charge on any atom is 0.459 e. The zero-order chi connectivity index (χ0) is 40.1. The summed E-state index contributed by atoms with van der Waals surface area (Å²) in [6.07, 6.45) is 0.245. The molecular weight excluding hydrogens is 719 g/mol. The molecule has 4 rings (SSSR count). The van der Waals surface area contributed by atoms with E-state index in [-0.39, 0.29) is 29.0 Å². The number of nitrogens with two attached hydrogens (primary N) is 1. The fraction of sp³-hybridized carbons (Fsp3) is 0.568. The van der Waals surface area contributed by atoms with Gasteiger partial charge in [-0.1, -0.05) is 60.1 Å². The van der Waals surface area contributed by atoms with Crippen LogP contribution in [0.2, 0.25) is 0 Å². The average molecular weight is 773 g/mol. The molecule has 0 bridgehead atoms. The number of benzene rings is 1. The highest BCUT2D eigenvalue weighted by Gasteiger charge is 2.61. The van der Waals surface area contributed by atoms with Crippen LogP contribution in [0.1, 0.15) is 86.4 Å². The standard InChI is InChI=1S/C37H53N6O10P/c1-11-36(8,9)18-19-48-34(46)23(2)42-54(47,53-27-14-12-26(13-15-27)35(5,6)7)49-20-29-31(50-24(3)44)32(51-25(4)45)37(52-29,21-39-10)30-17-16-28-33(38)40-22-41-43(28)30/h12-17,21-23,29,31-32H,11,18-20H2,1-10H3,(H,42,47)(H2,38,40,41)/b39-21-/t23-,29+,31+,32+,37-,54?/m0/s1. The molecule has 1 aliphatic rings. The maximum atomic E-state index is 14.7. The Kier molecular flexibility index (Phi) is 13.3. The second kappa shape index (κ2) is 17.0. The third-order valence-electron chi connectivity index (χ3n) is 9.27. The molecule has 1 unspecified atom stereocenters. The first-order chi connectivity index (χ1) is 25.2. The highest BCUT2D eigenvalue weighted by atomic mass is 31.2. The molecule has 17 heteroatoms. The first-order valence-electron chi connectivity index (χ1n) is 17.8. The van der Waals surface area contributed by atoms with E-state index >= 15 is 0 Å². The van der Waals surface area contributed by atoms with Gasteiger partial charge in [-0.05, 0) is 54.0 Å². The van der Waals surface area contributed by atoms with Crippen LogP contribution in [-0.2, 0) is 53.4 Å². The second-order valence-electron chi connectivity index (χ2n) is 15.0. The summed E-state index contributed by atoms with van der Waals surface area (Å²) >= 11 is 0. The summed E-state index contributed by atoms with van der Waals surface area (Å²) in [5.74, 6) is -1.74. The largest absolute Gasteiger partial charge is 0.465 e. The molecule has 3 heterocycles. The quantitative estimate of drug-likeness (QED) is 0.0819. The summed E-state index contributed by atoms with van der Waals surface area (Å²) in [6, 6.07) is 9.11. The van der Waals surface area contributed by atoms with E-state index in [1.807, 2.05) is 12.1 Å². The number of carbonyl (C=O) groups excluding carboxylic acids is 3. The Hall–Kier alpha value is -4.37. The van der Waals surface area contributed by atoms with Crippen LogP contribution < -0.4 is 15.3 Å². The summed E-state index contributed by atoms with van der Waals surface area (Å²) in [5.41, 5.74) is 5.92. The molecule has 16 nitrogen and oxygen atoms in total. The minimum absolute atomic E-state index is 0.0359. The van der Waals surface area contributed by atoms with E-state index < -0.39 is 62.2 Å². The van der Waals surface area contributed by atoms with Crippen molar-refractivity contribution >= 4 is 43.2 Å². The summed E-state index contributed by atoms with van der Waals surface area (Å²) in [7, 11) is -2.97. The number of nitrogens with zero attached hydrogens (tertiary/aromatic N) is 4. The first-order valence-corrected chi connectivity index (χ1v) is 19.3. The monoisotopic (exact) mass is 772 g/mol. The molecule has 1 fully saturated rings. The van der Waals surface area contributed by atoms with Crippen LogP contribution in [0.5, 0.6) is 5.75 Å². The number of hydrogen-bond donors (Lipinski definition) is 2. The van der Waals surface area contributed by atoms with Crippen LogP contribution in [0.15, 0.2) is 47.7 Å². The smallest absolute Gasteiger partial charge is 0.459 e. The molecule has 6 atom stereocenters. The van der Waals surface area contributed by atoms with E-state index in [0.717, 1.165) is 12.0 Å². The van der Waals surface area contributed by atoms with Gasteiger partial charge in [0.2, 0.25) is 0 Å². The summed E-state index contributed by atoms with van der Waals surface area (Å²) in [5, 5.41) is 7.03. The fourth-order valence-corrected chi connectivity index (χ4v) is 7.37. The number of aliphatic imine (C=N–C) groups is 1. The molecule has 1 saturated heterocycles. The lowest BCUT2D eigenvalue weighted by Crippen LogP contribution is -2.47. The van der Waals surface area contributed by atoms with Crippen molar-refractivity contribution in [2.45, 2.75) is 111 Å². The van der Waals surface area contributed by atoms with Crippen molar-refractivity contribution in [2.24, 2.45) is 10.4 Å². The number of rotatable bonds is 16. The minimum Gasteiger partial charge on any atom is -0.465 e. The number of hydrogen-bond acceptors (Lipinski definition) is 14. The van der Waals surface area contributed by atoms with Crippen LogP contribution in [0.4, 0.5) is 5.82 Å². The van der Waals surface area contributed by atoms with E-state index in [1.54, 1.807) is 24.3 Å². The number of nitrogen functional groups attached to an aromatic ring is 1. The minimum atomic E-state index is -4.46. The molecule has 0 spiro atoms. The van der Waals surface area contributed by atoms with Crippen molar-refractivity contribution in [3.63, 3.8) is 0 Å². The number of anilines is 1. The molecule has 3 aromatic rings. The van der Waals surface area contributed by atoms with Gasteiger partial charge < -0.3 is 29.2 Å². The van der Waals surface area contributed by atoms with Gasteiger partial charge in [-0.2, -0.15) is 10.2 Å². The summed E-state index contributed by atoms with van der Waals surface area (Å²) < 4.78 is 51.8. The van der Waals surface area contributed by atoms with E-state index in [4.69, 9.17) is 33.7 Å². The van der Waals surface area contributed by atoms with Gasteiger partial charge in [-0.15, -0.1) is 0 Å². The number of carbonyl (C=O) groups is 3. The molecule has 0 amide bonds. The van der Waals surface area contributed by atoms with Crippen molar-refractivity contribution in [1.29, 1.82) is 0 Å². The van der Waals surface area contributed by atoms with Gasteiger partial charge in [0, 0.05) is 27.1 Å². The molecular formula is C37H53N6O10P. The van der Waals surface area contributed by atoms with Gasteiger partial charge in [0.05, 0.1) is 18.9 Å². The third-order valence-corrected chi connectivity index (χ3v) is 10.9. The number of aromatic nitrogens is 3. The average Bonchev–Trinajstić information content (AvgIpc) is 3.64. The Morgan fingerprint density at radius 3 is 2.35 bits per heavy atom. The van der Waals surface area contributed by atoms with Crippen molar-refractivity contribution in [2.75, 3.05) is 26.0 Å². The lowest BCUT2D eigenvalue weighted by Gasteiger charge is -2.30. The van der Waals surface area contributed by atoms with Gasteiger partial charge >= 0.3 is 25.7 Å². The van der Waals surface area contributed by atoms with Gasteiger partial charge in [-0.3, -0.25) is 23.9 Å². The molecule has 0 radical (unpaired) electrons. The zero-order valence-electron chi connectivity index (χ0n) is 32.7. The van der Waals surface area contributed by atoms with Crippen molar-refractivity contribution in [3.8, 4) is 5.75 Å². The molecule has 0 saturated carbocycles. The van der Waals surface area contributed by atoms with Crippen molar-refractivity contribution < 1.29 is 46.9 Å². The molecule has 1 aromatic carbocycles. The van der Waals surface area contributed by atoms with Crippen LogP contribution in [0.3, 0.4) is 0 Å². The molecule has 2 aromatic heterocycles. The van der Waals surface area contributed by atoms with Gasteiger partial charge in [0.25, 0.3) is 0 Å². The van der Waals surface area contributed by atoms with Crippen molar-refractivity contribution in [1.82, 2.24) is 19.7 Å². The number of fused-ring (bicyclic) bond motifs is 1. The zero-order valence-corrected chi connectivity index (χ0v) is 33.5. The molecule has 296 valence electrons. The Morgan fingerprint density at radius 1 is 1.09 bits per heavy atom. The number of ether oxygens (including phenoxy) is 4. The van der Waals surface area contributed by atoms with Crippen molar-refractivity contribution in [3.05, 3.63) is 54.0 Å². The van der Waals surface area contributed by atoms with Crippen LogP contribution in [0.25, 0.3) is 5.52 Å². The SMILES string of the molecule is CCC(C)(C)CCOC(=O)[C@H](C)NP(=O)(OC[C@H]1O[C@@](/C=N\C)(c2ccc3c(N)ncnn23)[C@H](OC(C)=O)[C@@H]1OC(C)=O)Oc1ccc(C(C)(C)C)cc1. The first kappa shape index (κ1) is 42.4. The predicted molar refractivity (Wildman–Crippen MR) is 201 cm³/mol. The Labute approximate surface area is 316 Å². The van der Waals surface area contributed by atoms with Crippen LogP contribution >= 0.6 is 7.75 Å². The van der Waals surface area contributed by atoms with Crippen LogP contribution in [0, 0.1) is 5.41 Å². The van der Waals surface area contributed by atoms with Gasteiger partial charge in [-0.25, -0.2) is 14.1 Å². The lowest BCUT2D eigenvalue weighted by atomic mass is 9.87. The second-order valence-corrected chi connectivity index (χ2v) is 16.7. The van der Waals surface area contributed by atoms with E-state index in [0.29, 0.717) is 17.6 Å². The van der Waals surface area contributed by atoms with E-state index in [9.17, 15) is 18.9 Å². The predicted octanol–water partition coefficient (Wildman–Crippen LogP) is 5.32. The summed E-state index contributed by atoms with van der Waals surface area (Å²) in [4.78, 5) is 46.5. The normalized spacial score (nSPS) is 22.1. The lowest BCUT2D eigenvalue weighted by molar-refractivity contribution is -0.165.